The van der Waals surface area contributed by atoms with Crippen molar-refractivity contribution in [1.82, 2.24) is 9.97 Å². The van der Waals surface area contributed by atoms with Crippen LogP contribution in [0.3, 0.4) is 0 Å². The van der Waals surface area contributed by atoms with Gasteiger partial charge in [0.05, 0.1) is 11.4 Å². The summed E-state index contributed by atoms with van der Waals surface area (Å²) >= 11 is 9.58. The first-order valence-electron chi connectivity index (χ1n) is 8.15. The predicted octanol–water partition coefficient (Wildman–Crippen LogP) is 4.35. The van der Waals surface area contributed by atoms with Crippen LogP contribution in [0.5, 0.6) is 0 Å². The highest BCUT2D eigenvalue weighted by molar-refractivity contribution is 9.10. The number of halogens is 2. The molecule has 2 bridgehead atoms. The van der Waals surface area contributed by atoms with Gasteiger partial charge in [-0.05, 0) is 77.2 Å². The summed E-state index contributed by atoms with van der Waals surface area (Å²) in [6.45, 7) is 0. The van der Waals surface area contributed by atoms with E-state index in [1.807, 2.05) is 18.2 Å². The van der Waals surface area contributed by atoms with Crippen LogP contribution >= 0.6 is 27.5 Å². The van der Waals surface area contributed by atoms with Crippen molar-refractivity contribution in [3.8, 4) is 0 Å². The van der Waals surface area contributed by atoms with E-state index in [-0.39, 0.29) is 23.2 Å². The van der Waals surface area contributed by atoms with Crippen molar-refractivity contribution in [3.05, 3.63) is 28.0 Å². The topological polar surface area (TPSA) is 75.1 Å². The van der Waals surface area contributed by atoms with Crippen LogP contribution in [0.1, 0.15) is 25.7 Å². The van der Waals surface area contributed by atoms with Gasteiger partial charge in [-0.3, -0.25) is 4.79 Å². The summed E-state index contributed by atoms with van der Waals surface area (Å²) in [7, 11) is 0. The third-order valence-electron chi connectivity index (χ3n) is 5.46. The van der Waals surface area contributed by atoms with Crippen molar-refractivity contribution in [3.63, 3.8) is 0 Å². The van der Waals surface area contributed by atoms with Gasteiger partial charge in [0.1, 0.15) is 5.82 Å². The van der Waals surface area contributed by atoms with Gasteiger partial charge in [0, 0.05) is 15.9 Å². The molecule has 24 heavy (non-hydrogen) atoms. The zero-order chi connectivity index (χ0) is 16.8. The highest BCUT2D eigenvalue weighted by Gasteiger charge is 2.47. The maximum absolute atomic E-state index is 11.8. The third-order valence-corrected chi connectivity index (χ3v) is 6.27. The van der Waals surface area contributed by atoms with Crippen LogP contribution in [0.2, 0.25) is 5.28 Å². The Kier molecular flexibility index (Phi) is 4.12. The number of nitrogens with one attached hydrogen (secondary N) is 1. The number of hydrogen-bond acceptors (Lipinski definition) is 4. The van der Waals surface area contributed by atoms with Gasteiger partial charge in [-0.15, -0.1) is 0 Å². The van der Waals surface area contributed by atoms with Gasteiger partial charge < -0.3 is 10.4 Å². The number of aromatic nitrogens is 2. The number of fused-ring (bicyclic) bond motifs is 4. The number of nitrogens with zero attached hydrogens (tertiary/aromatic N) is 2. The first kappa shape index (κ1) is 16.1. The number of hydrogen-bond donors (Lipinski definition) is 2. The molecule has 2 atom stereocenters. The molecule has 3 saturated carbocycles. The number of para-hydroxylation sites is 1. The maximum atomic E-state index is 11.8. The van der Waals surface area contributed by atoms with Crippen molar-refractivity contribution in [2.24, 2.45) is 17.8 Å². The summed E-state index contributed by atoms with van der Waals surface area (Å²) in [5, 5.41) is 14.1. The van der Waals surface area contributed by atoms with Gasteiger partial charge in [-0.25, -0.2) is 9.97 Å². The average Bonchev–Trinajstić information content (AvgIpc) is 2.56. The van der Waals surface area contributed by atoms with Crippen molar-refractivity contribution in [2.45, 2.75) is 31.7 Å². The molecule has 1 aromatic carbocycles. The van der Waals surface area contributed by atoms with Crippen LogP contribution in [0.4, 0.5) is 5.82 Å². The Bertz CT molecular complexity index is 808. The molecule has 0 amide bonds. The molecule has 126 valence electrons. The molecule has 0 aliphatic heterocycles. The molecule has 0 radical (unpaired) electrons. The van der Waals surface area contributed by atoms with Crippen LogP contribution in [-0.4, -0.2) is 27.1 Å². The SMILES string of the molecule is O=C(O)C1C2CCC(CC2)C1Nc1nc(Cl)nc2c(Br)cccc12. The molecule has 7 heteroatoms. The monoisotopic (exact) mass is 409 g/mol. The van der Waals surface area contributed by atoms with Crippen LogP contribution in [0.15, 0.2) is 22.7 Å². The van der Waals surface area contributed by atoms with Gasteiger partial charge in [-0.1, -0.05) is 6.07 Å². The van der Waals surface area contributed by atoms with Crippen molar-refractivity contribution in [1.29, 1.82) is 0 Å². The van der Waals surface area contributed by atoms with Gasteiger partial charge in [0.25, 0.3) is 0 Å². The van der Waals surface area contributed by atoms with E-state index in [1.54, 1.807) is 0 Å². The molecule has 3 aliphatic carbocycles. The Morgan fingerprint density at radius 3 is 2.62 bits per heavy atom. The van der Waals surface area contributed by atoms with Crippen molar-refractivity contribution in [2.75, 3.05) is 5.32 Å². The van der Waals surface area contributed by atoms with Crippen LogP contribution in [0, 0.1) is 17.8 Å². The molecule has 5 nitrogen and oxygen atoms in total. The summed E-state index contributed by atoms with van der Waals surface area (Å²) in [4.78, 5) is 20.4. The number of carboxylic acid groups (broad SMARTS) is 1. The minimum absolute atomic E-state index is 0.108. The Morgan fingerprint density at radius 1 is 1.21 bits per heavy atom. The van der Waals surface area contributed by atoms with Crippen LogP contribution in [0.25, 0.3) is 10.9 Å². The molecule has 2 aromatic rings. The van der Waals surface area contributed by atoms with Gasteiger partial charge in [0.2, 0.25) is 5.28 Å². The predicted molar refractivity (Wildman–Crippen MR) is 96.2 cm³/mol. The summed E-state index contributed by atoms with van der Waals surface area (Å²) < 4.78 is 0.840. The second-order valence-corrected chi connectivity index (χ2v) is 7.88. The molecular weight excluding hydrogens is 394 g/mol. The number of anilines is 1. The minimum Gasteiger partial charge on any atom is -0.481 e. The third kappa shape index (κ3) is 2.65. The molecule has 2 N–H and O–H groups in total. The summed E-state index contributed by atoms with van der Waals surface area (Å²) in [6.07, 6.45) is 4.17. The quantitative estimate of drug-likeness (QED) is 0.736. The maximum Gasteiger partial charge on any atom is 0.308 e. The summed E-state index contributed by atoms with van der Waals surface area (Å²) in [5.74, 6) is 0.156. The second-order valence-electron chi connectivity index (χ2n) is 6.69. The Hall–Kier alpha value is -1.40. The van der Waals surface area contributed by atoms with Crippen LogP contribution < -0.4 is 5.32 Å². The Balaban J connectivity index is 1.76. The average molecular weight is 411 g/mol. The fraction of sp³-hybridized carbons (Fsp3) is 0.471. The number of rotatable bonds is 3. The molecule has 1 aromatic heterocycles. The zero-order valence-electron chi connectivity index (χ0n) is 12.9. The lowest BCUT2D eigenvalue weighted by Gasteiger charge is -2.47. The van der Waals surface area contributed by atoms with Crippen molar-refractivity contribution < 1.29 is 9.90 Å². The lowest BCUT2D eigenvalue weighted by molar-refractivity contribution is -0.148. The lowest BCUT2D eigenvalue weighted by Crippen LogP contribution is -2.51. The van der Waals surface area contributed by atoms with E-state index in [4.69, 9.17) is 11.6 Å². The summed E-state index contributed by atoms with van der Waals surface area (Å²) in [5.41, 5.74) is 0.729. The molecule has 0 saturated heterocycles. The smallest absolute Gasteiger partial charge is 0.308 e. The van der Waals surface area contributed by atoms with Gasteiger partial charge in [0.15, 0.2) is 0 Å². The van der Waals surface area contributed by atoms with Crippen LogP contribution in [-0.2, 0) is 4.79 Å². The largest absolute Gasteiger partial charge is 0.481 e. The van der Waals surface area contributed by atoms with Crippen molar-refractivity contribution >= 4 is 50.2 Å². The van der Waals surface area contributed by atoms with E-state index in [0.29, 0.717) is 11.7 Å². The van der Waals surface area contributed by atoms with E-state index in [0.717, 1.165) is 41.1 Å². The molecule has 3 aliphatic rings. The van der Waals surface area contributed by atoms with E-state index < -0.39 is 5.97 Å². The number of carbonyl (C=O) groups is 1. The fourth-order valence-electron chi connectivity index (χ4n) is 4.37. The van der Waals surface area contributed by atoms with Gasteiger partial charge in [-0.2, -0.15) is 0 Å². The highest BCUT2D eigenvalue weighted by atomic mass is 79.9. The van der Waals surface area contributed by atoms with E-state index >= 15 is 0 Å². The molecule has 2 unspecified atom stereocenters. The molecule has 1 heterocycles. The number of aliphatic carboxylic acids is 1. The first-order chi connectivity index (χ1) is 11.5. The van der Waals surface area contributed by atoms with E-state index in [2.05, 4.69) is 31.2 Å². The summed E-state index contributed by atoms with van der Waals surface area (Å²) in [6, 6.07) is 5.63. The Labute approximate surface area is 153 Å². The lowest BCUT2D eigenvalue weighted by atomic mass is 9.61. The first-order valence-corrected chi connectivity index (χ1v) is 9.33. The Morgan fingerprint density at radius 2 is 1.92 bits per heavy atom. The van der Waals surface area contributed by atoms with E-state index in [9.17, 15) is 9.90 Å². The number of carboxylic acids is 1. The van der Waals surface area contributed by atoms with E-state index in [1.165, 1.54) is 0 Å². The zero-order valence-corrected chi connectivity index (χ0v) is 15.2. The molecule has 0 spiro atoms. The fourth-order valence-corrected chi connectivity index (χ4v) is 4.99. The second kappa shape index (κ2) is 6.15. The van der Waals surface area contributed by atoms with Gasteiger partial charge >= 0.3 is 5.97 Å². The molecule has 5 rings (SSSR count). The normalized spacial score (nSPS) is 28.9. The standard InChI is InChI=1S/C17H17BrClN3O2/c18-11-3-1-2-10-14(11)21-17(19)22-15(10)20-13-9-6-4-8(5-7-9)12(13)16(23)24/h1-3,8-9,12-13H,4-7H2,(H,23,24)(H,20,21,22). The molecule has 3 fully saturated rings. The molecular formula is C17H17BrClN3O2. The minimum atomic E-state index is -0.715. The number of benzene rings is 1. The highest BCUT2D eigenvalue weighted by Crippen LogP contribution is 2.46.